The number of anilines is 1. The lowest BCUT2D eigenvalue weighted by Crippen LogP contribution is -2.22. The Kier molecular flexibility index (Phi) is 3.81. The molecule has 0 aliphatic carbocycles. The van der Waals surface area contributed by atoms with Gasteiger partial charge in [0, 0.05) is 48.3 Å². The topological polar surface area (TPSA) is 80.1 Å². The molecule has 0 amide bonds. The number of methoxy groups -OCH3 is 1. The summed E-state index contributed by atoms with van der Waals surface area (Å²) in [5.74, 6) is 0.133. The molecule has 0 aromatic carbocycles. The van der Waals surface area contributed by atoms with Gasteiger partial charge in [-0.15, -0.1) is 0 Å². The van der Waals surface area contributed by atoms with Crippen molar-refractivity contribution < 1.29 is 9.13 Å². The minimum atomic E-state index is -0.397. The summed E-state index contributed by atoms with van der Waals surface area (Å²) in [6.45, 7) is 2.56. The zero-order chi connectivity index (χ0) is 17.4. The van der Waals surface area contributed by atoms with Crippen LogP contribution in [0.4, 0.5) is 10.3 Å². The number of fused-ring (bicyclic) bond motifs is 2. The van der Waals surface area contributed by atoms with Gasteiger partial charge in [-0.3, -0.25) is 4.40 Å². The molecule has 0 aliphatic rings. The lowest BCUT2D eigenvalue weighted by atomic mass is 10.1. The highest BCUT2D eigenvalue weighted by atomic mass is 19.1. The Bertz CT molecular complexity index is 1040. The molecular weight excluding hydrogens is 323 g/mol. The highest BCUT2D eigenvalue weighted by Crippen LogP contribution is 2.28. The predicted octanol–water partition coefficient (Wildman–Crippen LogP) is 2.86. The van der Waals surface area contributed by atoms with E-state index in [2.05, 4.69) is 25.3 Å². The molecule has 0 unspecified atom stereocenters. The summed E-state index contributed by atoms with van der Waals surface area (Å²) in [5.41, 5.74) is 3.04. The van der Waals surface area contributed by atoms with E-state index in [9.17, 15) is 4.39 Å². The lowest BCUT2D eigenvalue weighted by molar-refractivity contribution is 0.190. The summed E-state index contributed by atoms with van der Waals surface area (Å²) < 4.78 is 20.3. The summed E-state index contributed by atoms with van der Waals surface area (Å²) in [5, 5.41) is 4.05. The first-order chi connectivity index (χ1) is 12.2. The minimum Gasteiger partial charge on any atom is -0.383 e. The Labute approximate surface area is 142 Å². The molecule has 0 aliphatic heterocycles. The Morgan fingerprint density at radius 3 is 3.04 bits per heavy atom. The van der Waals surface area contributed by atoms with E-state index >= 15 is 0 Å². The molecule has 7 nitrogen and oxygen atoms in total. The van der Waals surface area contributed by atoms with Crippen LogP contribution in [-0.2, 0) is 4.74 Å². The number of aromatic nitrogens is 5. The maximum absolute atomic E-state index is 13.8. The van der Waals surface area contributed by atoms with Gasteiger partial charge in [-0.1, -0.05) is 0 Å². The van der Waals surface area contributed by atoms with E-state index < -0.39 is 5.95 Å². The van der Waals surface area contributed by atoms with E-state index in [-0.39, 0.29) is 6.04 Å². The van der Waals surface area contributed by atoms with Gasteiger partial charge < -0.3 is 15.0 Å². The van der Waals surface area contributed by atoms with Crippen LogP contribution in [-0.4, -0.2) is 44.1 Å². The molecule has 0 saturated heterocycles. The molecule has 0 radical (unpaired) electrons. The fourth-order valence-electron chi connectivity index (χ4n) is 2.84. The number of halogens is 1. The highest BCUT2D eigenvalue weighted by Gasteiger charge is 2.12. The maximum atomic E-state index is 13.8. The average molecular weight is 340 g/mol. The van der Waals surface area contributed by atoms with Crippen molar-refractivity contribution in [2.24, 2.45) is 0 Å². The van der Waals surface area contributed by atoms with Crippen LogP contribution >= 0.6 is 0 Å². The summed E-state index contributed by atoms with van der Waals surface area (Å²) in [6, 6.07) is 3.78. The van der Waals surface area contributed by atoms with Gasteiger partial charge in [0.25, 0.3) is 0 Å². The van der Waals surface area contributed by atoms with Crippen molar-refractivity contribution in [3.05, 3.63) is 42.9 Å². The van der Waals surface area contributed by atoms with Crippen LogP contribution in [0.15, 0.2) is 36.9 Å². The first-order valence-electron chi connectivity index (χ1n) is 7.88. The Hall–Kier alpha value is -3.00. The van der Waals surface area contributed by atoms with Crippen LogP contribution in [0, 0.1) is 5.95 Å². The number of nitrogens with one attached hydrogen (secondary N) is 2. The third-order valence-corrected chi connectivity index (χ3v) is 4.00. The van der Waals surface area contributed by atoms with Crippen molar-refractivity contribution in [1.29, 1.82) is 0 Å². The SMILES string of the molecule is COC[C@H](C)Nc1ncc2c(-c3ccc4ncc(F)n4c3)c[nH]c2n1. The number of pyridine rings is 1. The number of hydrogen-bond donors (Lipinski definition) is 2. The van der Waals surface area contributed by atoms with Gasteiger partial charge in [0.1, 0.15) is 11.3 Å². The van der Waals surface area contributed by atoms with Crippen molar-refractivity contribution >= 4 is 22.6 Å². The van der Waals surface area contributed by atoms with Gasteiger partial charge in [0.2, 0.25) is 11.9 Å². The number of ether oxygens (including phenoxy) is 1. The molecule has 4 rings (SSSR count). The van der Waals surface area contributed by atoms with Crippen molar-refractivity contribution in [2.45, 2.75) is 13.0 Å². The fraction of sp³-hybridized carbons (Fsp3) is 0.235. The highest BCUT2D eigenvalue weighted by molar-refractivity contribution is 5.93. The summed E-state index contributed by atoms with van der Waals surface area (Å²) in [4.78, 5) is 16.0. The van der Waals surface area contributed by atoms with Crippen LogP contribution in [0.25, 0.3) is 27.8 Å². The molecule has 128 valence electrons. The van der Waals surface area contributed by atoms with Crippen molar-refractivity contribution in [3.63, 3.8) is 0 Å². The van der Waals surface area contributed by atoms with Gasteiger partial charge in [-0.2, -0.15) is 9.37 Å². The van der Waals surface area contributed by atoms with Crippen LogP contribution in [0.2, 0.25) is 0 Å². The molecule has 0 saturated carbocycles. The van der Waals surface area contributed by atoms with Crippen LogP contribution < -0.4 is 5.32 Å². The standard InChI is InChI=1S/C17H17FN6O/c1-10(9-25-2)22-17-21-6-13-12(5-20-16(13)23-17)11-3-4-15-19-7-14(18)24(15)8-11/h3-8,10H,9H2,1-2H3,(H2,20,21,22,23)/t10-/m0/s1. The summed E-state index contributed by atoms with van der Waals surface area (Å²) >= 11 is 0. The zero-order valence-electron chi connectivity index (χ0n) is 13.8. The van der Waals surface area contributed by atoms with Crippen LogP contribution in [0.3, 0.4) is 0 Å². The monoisotopic (exact) mass is 340 g/mol. The Morgan fingerprint density at radius 1 is 1.32 bits per heavy atom. The molecule has 2 N–H and O–H groups in total. The predicted molar refractivity (Wildman–Crippen MR) is 93.0 cm³/mol. The molecule has 25 heavy (non-hydrogen) atoms. The zero-order valence-corrected chi connectivity index (χ0v) is 13.8. The number of aromatic amines is 1. The van der Waals surface area contributed by atoms with E-state index in [0.717, 1.165) is 16.5 Å². The fourth-order valence-corrected chi connectivity index (χ4v) is 2.84. The smallest absolute Gasteiger partial charge is 0.224 e. The number of imidazole rings is 1. The van der Waals surface area contributed by atoms with Crippen molar-refractivity contribution in [1.82, 2.24) is 24.3 Å². The number of rotatable bonds is 5. The molecule has 8 heteroatoms. The molecule has 0 spiro atoms. The molecule has 0 fully saturated rings. The first kappa shape index (κ1) is 15.5. The summed E-state index contributed by atoms with van der Waals surface area (Å²) in [7, 11) is 1.65. The van der Waals surface area contributed by atoms with Gasteiger partial charge >= 0.3 is 0 Å². The first-order valence-corrected chi connectivity index (χ1v) is 7.88. The Balaban J connectivity index is 1.71. The van der Waals surface area contributed by atoms with Gasteiger partial charge in [-0.05, 0) is 19.1 Å². The second kappa shape index (κ2) is 6.14. The molecule has 4 aromatic heterocycles. The average Bonchev–Trinajstić information content (AvgIpc) is 3.18. The largest absolute Gasteiger partial charge is 0.383 e. The Morgan fingerprint density at radius 2 is 2.20 bits per heavy atom. The third kappa shape index (κ3) is 2.80. The molecule has 0 bridgehead atoms. The van der Waals surface area contributed by atoms with Gasteiger partial charge in [0.05, 0.1) is 12.8 Å². The lowest BCUT2D eigenvalue weighted by Gasteiger charge is -2.12. The van der Waals surface area contributed by atoms with Crippen LogP contribution in [0.1, 0.15) is 6.92 Å². The van der Waals surface area contributed by atoms with E-state index in [1.807, 2.05) is 19.2 Å². The van der Waals surface area contributed by atoms with Gasteiger partial charge in [-0.25, -0.2) is 9.97 Å². The molecule has 4 aromatic rings. The summed E-state index contributed by atoms with van der Waals surface area (Å²) in [6.07, 6.45) is 6.52. The molecular formula is C17H17FN6O. The maximum Gasteiger partial charge on any atom is 0.224 e. The van der Waals surface area contributed by atoms with E-state index in [1.54, 1.807) is 25.6 Å². The van der Waals surface area contributed by atoms with E-state index in [1.165, 1.54) is 10.6 Å². The van der Waals surface area contributed by atoms with E-state index in [0.29, 0.717) is 23.8 Å². The second-order valence-corrected chi connectivity index (χ2v) is 5.89. The van der Waals surface area contributed by atoms with Crippen LogP contribution in [0.5, 0.6) is 0 Å². The molecule has 4 heterocycles. The molecule has 1 atom stereocenters. The minimum absolute atomic E-state index is 0.100. The second-order valence-electron chi connectivity index (χ2n) is 5.89. The van der Waals surface area contributed by atoms with E-state index in [4.69, 9.17) is 4.74 Å². The number of nitrogens with zero attached hydrogens (tertiary/aromatic N) is 4. The van der Waals surface area contributed by atoms with Gasteiger partial charge in [0.15, 0.2) is 0 Å². The van der Waals surface area contributed by atoms with Crippen molar-refractivity contribution in [3.8, 4) is 11.1 Å². The quantitative estimate of drug-likeness (QED) is 0.584. The third-order valence-electron chi connectivity index (χ3n) is 4.00. The number of hydrogen-bond acceptors (Lipinski definition) is 5. The number of H-pyrrole nitrogens is 1. The normalized spacial score (nSPS) is 12.8. The van der Waals surface area contributed by atoms with Crippen molar-refractivity contribution in [2.75, 3.05) is 19.0 Å².